The van der Waals surface area contributed by atoms with Gasteiger partial charge in [0.25, 0.3) is 17.4 Å². The van der Waals surface area contributed by atoms with E-state index in [1.165, 1.54) is 19.1 Å². The molecule has 2 aromatic carbocycles. The first-order chi connectivity index (χ1) is 17.8. The number of benzene rings is 2. The van der Waals surface area contributed by atoms with Gasteiger partial charge in [-0.15, -0.1) is 0 Å². The predicted molar refractivity (Wildman–Crippen MR) is 135 cm³/mol. The monoisotopic (exact) mass is 539 g/mol. The van der Waals surface area contributed by atoms with E-state index in [0.717, 1.165) is 30.5 Å². The second-order valence-corrected chi connectivity index (χ2v) is 11.7. The number of hydrogen-bond acceptors (Lipinski definition) is 8. The van der Waals surface area contributed by atoms with Crippen LogP contribution in [0.2, 0.25) is 0 Å². The standard InChI is InChI=1S/C26H25N3O8S/c1-5-13(2)15-9-10-17-19(11-15)37-26(32)21-16(7-6-8-18(21)29(33)34)23(30)25(17,26)28-24(31)22-14(3)20(12-27-22)38(4,35)36/h6-13,27,32H,5H2,1-4H3,(H,28,31). The van der Waals surface area contributed by atoms with Crippen LogP contribution in [0.4, 0.5) is 5.69 Å². The van der Waals surface area contributed by atoms with Crippen LogP contribution in [0.1, 0.15) is 69.3 Å². The predicted octanol–water partition coefficient (Wildman–Crippen LogP) is 3.21. The van der Waals surface area contributed by atoms with Crippen molar-refractivity contribution in [3.05, 3.63) is 86.2 Å². The smallest absolute Gasteiger partial charge is 0.280 e. The van der Waals surface area contributed by atoms with Crippen LogP contribution in [0.25, 0.3) is 0 Å². The molecule has 1 aliphatic heterocycles. The number of aromatic amines is 1. The summed E-state index contributed by atoms with van der Waals surface area (Å²) in [6.45, 7) is 5.41. The SMILES string of the molecule is CCC(C)c1ccc2c(c1)OC1(O)c3c(cccc3[N+](=O)[O-])C(=O)C21NC(=O)c1[nH]cc(S(C)(=O)=O)c1C. The quantitative estimate of drug-likeness (QED) is 0.317. The molecule has 3 N–H and O–H groups in total. The molecule has 2 aliphatic rings. The molecule has 3 unspecified atom stereocenters. The molecule has 0 fully saturated rings. The van der Waals surface area contributed by atoms with Crippen LogP contribution in [-0.2, 0) is 21.2 Å². The number of aliphatic hydroxyl groups is 1. The number of fused-ring (bicyclic) bond motifs is 5. The van der Waals surface area contributed by atoms with Crippen molar-refractivity contribution in [1.29, 1.82) is 0 Å². The normalized spacial score (nSPS) is 22.3. The van der Waals surface area contributed by atoms with Crippen molar-refractivity contribution in [1.82, 2.24) is 10.3 Å². The summed E-state index contributed by atoms with van der Waals surface area (Å²) in [5.74, 6) is -4.13. The van der Waals surface area contributed by atoms with Gasteiger partial charge in [-0.3, -0.25) is 19.7 Å². The Balaban J connectivity index is 1.74. The van der Waals surface area contributed by atoms with Gasteiger partial charge in [0.05, 0.1) is 9.82 Å². The number of carbonyl (C=O) groups is 2. The van der Waals surface area contributed by atoms with Crippen LogP contribution >= 0.6 is 0 Å². The van der Waals surface area contributed by atoms with Crippen LogP contribution in [0, 0.1) is 17.0 Å². The maximum atomic E-state index is 14.1. The highest BCUT2D eigenvalue weighted by Crippen LogP contribution is 2.60. The number of rotatable bonds is 6. The Kier molecular flexibility index (Phi) is 5.55. The number of H-pyrrole nitrogens is 1. The third-order valence-electron chi connectivity index (χ3n) is 7.54. The highest BCUT2D eigenvalue weighted by molar-refractivity contribution is 7.90. The average Bonchev–Trinajstić information content (AvgIpc) is 3.43. The van der Waals surface area contributed by atoms with Gasteiger partial charge in [0.2, 0.25) is 11.3 Å². The second-order valence-electron chi connectivity index (χ2n) is 9.73. The molecule has 1 amide bonds. The minimum atomic E-state index is -3.67. The fourth-order valence-corrected chi connectivity index (χ4v) is 6.32. The molecule has 198 valence electrons. The zero-order valence-corrected chi connectivity index (χ0v) is 21.8. The molecule has 0 saturated carbocycles. The van der Waals surface area contributed by atoms with Gasteiger partial charge in [0, 0.05) is 29.6 Å². The number of ether oxygens (including phenoxy) is 1. The van der Waals surface area contributed by atoms with Crippen molar-refractivity contribution >= 4 is 27.2 Å². The lowest BCUT2D eigenvalue weighted by molar-refractivity contribution is -0.388. The molecule has 1 aliphatic carbocycles. The van der Waals surface area contributed by atoms with Crippen LogP contribution in [0.3, 0.4) is 0 Å². The summed E-state index contributed by atoms with van der Waals surface area (Å²) in [7, 11) is -3.67. The number of nitro benzene ring substituents is 1. The van der Waals surface area contributed by atoms with Gasteiger partial charge < -0.3 is 20.1 Å². The van der Waals surface area contributed by atoms with E-state index < -0.39 is 43.5 Å². The molecule has 0 bridgehead atoms. The first-order valence-electron chi connectivity index (χ1n) is 11.9. The number of Topliss-reactive ketones (excluding diaryl/α,β-unsaturated/α-hetero) is 1. The minimum absolute atomic E-state index is 0.0998. The highest BCUT2D eigenvalue weighted by Gasteiger charge is 2.73. The van der Waals surface area contributed by atoms with E-state index in [1.54, 1.807) is 18.2 Å². The maximum absolute atomic E-state index is 14.1. The van der Waals surface area contributed by atoms with Gasteiger partial charge in [-0.1, -0.05) is 38.1 Å². The molecule has 2 heterocycles. The molecule has 3 aromatic rings. The summed E-state index contributed by atoms with van der Waals surface area (Å²) >= 11 is 0. The Morgan fingerprint density at radius 3 is 2.61 bits per heavy atom. The Labute approximate surface area is 217 Å². The van der Waals surface area contributed by atoms with Gasteiger partial charge in [-0.05, 0) is 36.5 Å². The summed E-state index contributed by atoms with van der Waals surface area (Å²) in [6.07, 6.45) is 2.96. The molecule has 0 spiro atoms. The van der Waals surface area contributed by atoms with Crippen molar-refractivity contribution in [2.45, 2.75) is 49.3 Å². The Bertz CT molecular complexity index is 1660. The van der Waals surface area contributed by atoms with E-state index >= 15 is 0 Å². The lowest BCUT2D eigenvalue weighted by Crippen LogP contribution is -2.60. The van der Waals surface area contributed by atoms with E-state index in [9.17, 15) is 33.2 Å². The summed E-state index contributed by atoms with van der Waals surface area (Å²) in [6, 6.07) is 8.75. The minimum Gasteiger partial charge on any atom is -0.454 e. The lowest BCUT2D eigenvalue weighted by atomic mass is 9.81. The third-order valence-corrected chi connectivity index (χ3v) is 8.76. The first kappa shape index (κ1) is 25.6. The van der Waals surface area contributed by atoms with E-state index in [4.69, 9.17) is 4.74 Å². The van der Waals surface area contributed by atoms with Crippen LogP contribution in [0.5, 0.6) is 5.75 Å². The van der Waals surface area contributed by atoms with Crippen LogP contribution in [-0.4, -0.2) is 41.4 Å². The van der Waals surface area contributed by atoms with Gasteiger partial charge in [-0.25, -0.2) is 8.42 Å². The van der Waals surface area contributed by atoms with E-state index in [1.807, 2.05) is 13.8 Å². The Hall–Kier alpha value is -4.03. The van der Waals surface area contributed by atoms with E-state index in [-0.39, 0.29) is 44.5 Å². The zero-order chi connectivity index (χ0) is 27.8. The molecule has 38 heavy (non-hydrogen) atoms. The van der Waals surface area contributed by atoms with Crippen molar-refractivity contribution in [2.75, 3.05) is 6.26 Å². The fourth-order valence-electron chi connectivity index (χ4n) is 5.39. The molecule has 12 heteroatoms. The molecule has 0 radical (unpaired) electrons. The molecule has 3 atom stereocenters. The summed E-state index contributed by atoms with van der Waals surface area (Å²) < 4.78 is 30.2. The van der Waals surface area contributed by atoms with E-state index in [2.05, 4.69) is 10.3 Å². The number of hydrogen-bond donors (Lipinski definition) is 3. The van der Waals surface area contributed by atoms with Gasteiger partial charge in [0.15, 0.2) is 9.84 Å². The maximum Gasteiger partial charge on any atom is 0.280 e. The second kappa shape index (κ2) is 8.23. The molecule has 5 rings (SSSR count). The molecular formula is C26H25N3O8S. The number of nitrogens with one attached hydrogen (secondary N) is 2. The van der Waals surface area contributed by atoms with Crippen molar-refractivity contribution in [3.63, 3.8) is 0 Å². The van der Waals surface area contributed by atoms with Crippen molar-refractivity contribution in [3.8, 4) is 5.75 Å². The summed E-state index contributed by atoms with van der Waals surface area (Å²) in [5, 5.41) is 26.6. The fraction of sp³-hybridized carbons (Fsp3) is 0.308. The lowest BCUT2D eigenvalue weighted by Gasteiger charge is -2.34. The van der Waals surface area contributed by atoms with Crippen molar-refractivity contribution < 1.29 is 32.8 Å². The molecule has 1 aromatic heterocycles. The Morgan fingerprint density at radius 2 is 2.00 bits per heavy atom. The largest absolute Gasteiger partial charge is 0.454 e. The number of amides is 1. The van der Waals surface area contributed by atoms with Crippen LogP contribution in [0.15, 0.2) is 47.5 Å². The van der Waals surface area contributed by atoms with Crippen molar-refractivity contribution in [2.24, 2.45) is 0 Å². The highest BCUT2D eigenvalue weighted by atomic mass is 32.2. The first-order valence-corrected chi connectivity index (χ1v) is 13.8. The number of sulfone groups is 1. The number of nitrogens with zero attached hydrogens (tertiary/aromatic N) is 1. The number of carbonyl (C=O) groups excluding carboxylic acids is 2. The molecule has 0 saturated heterocycles. The van der Waals surface area contributed by atoms with E-state index in [0.29, 0.717) is 0 Å². The summed E-state index contributed by atoms with van der Waals surface area (Å²) in [5.41, 5.74) is -2.40. The third kappa shape index (κ3) is 3.26. The Morgan fingerprint density at radius 1 is 1.29 bits per heavy atom. The van der Waals surface area contributed by atoms with Gasteiger partial charge >= 0.3 is 0 Å². The molecular weight excluding hydrogens is 514 g/mol. The number of aromatic nitrogens is 1. The number of nitro groups is 1. The topological polar surface area (TPSA) is 169 Å². The summed E-state index contributed by atoms with van der Waals surface area (Å²) in [4.78, 5) is 41.4. The van der Waals surface area contributed by atoms with Crippen LogP contribution < -0.4 is 10.1 Å². The zero-order valence-electron chi connectivity index (χ0n) is 21.0. The number of ketones is 1. The van der Waals surface area contributed by atoms with Gasteiger partial charge in [0.1, 0.15) is 17.0 Å². The average molecular weight is 540 g/mol. The van der Waals surface area contributed by atoms with Gasteiger partial charge in [-0.2, -0.15) is 0 Å². The molecule has 11 nitrogen and oxygen atoms in total.